The zero-order valence-corrected chi connectivity index (χ0v) is 36.0. The van der Waals surface area contributed by atoms with E-state index < -0.39 is 0 Å². The van der Waals surface area contributed by atoms with Crippen LogP contribution in [-0.2, 0) is 0 Å². The van der Waals surface area contributed by atoms with Crippen molar-refractivity contribution in [2.24, 2.45) is 0 Å². The van der Waals surface area contributed by atoms with Crippen molar-refractivity contribution in [3.8, 4) is 44.5 Å². The summed E-state index contributed by atoms with van der Waals surface area (Å²) in [6, 6.07) is 90.3. The highest BCUT2D eigenvalue weighted by Gasteiger charge is 2.19. The first-order valence-corrected chi connectivity index (χ1v) is 22.6. The van der Waals surface area contributed by atoms with E-state index in [-0.39, 0.29) is 0 Å². The van der Waals surface area contributed by atoms with Gasteiger partial charge in [-0.1, -0.05) is 194 Å². The molecule has 0 radical (unpaired) electrons. The molecule has 12 aromatic carbocycles. The van der Waals surface area contributed by atoms with Crippen LogP contribution in [0, 0.1) is 0 Å². The zero-order chi connectivity index (χ0) is 43.6. The summed E-state index contributed by atoms with van der Waals surface area (Å²) < 4.78 is 6.28. The van der Waals surface area contributed by atoms with Gasteiger partial charge in [-0.05, 0) is 137 Å². The number of hydrogen-bond acceptors (Lipinski definition) is 2. The van der Waals surface area contributed by atoms with Gasteiger partial charge in [-0.3, -0.25) is 0 Å². The lowest BCUT2D eigenvalue weighted by Crippen LogP contribution is -2.11. The topological polar surface area (TPSA) is 16.4 Å². The molecule has 0 aliphatic carbocycles. The van der Waals surface area contributed by atoms with Gasteiger partial charge in [-0.25, -0.2) is 0 Å². The highest BCUT2D eigenvalue weighted by Crippen LogP contribution is 2.44. The molecule has 13 rings (SSSR count). The van der Waals surface area contributed by atoms with Crippen molar-refractivity contribution in [2.75, 3.05) is 4.90 Å². The molecule has 2 nitrogen and oxygen atoms in total. The molecule has 0 amide bonds. The Balaban J connectivity index is 0.891. The van der Waals surface area contributed by atoms with Gasteiger partial charge in [0.2, 0.25) is 0 Å². The normalized spacial score (nSPS) is 11.6. The molecule has 0 fully saturated rings. The van der Waals surface area contributed by atoms with Crippen molar-refractivity contribution in [2.45, 2.75) is 0 Å². The molecular weight excluding hydrogens is 799 g/mol. The number of fused-ring (bicyclic) bond motifs is 9. The Morgan fingerprint density at radius 3 is 1.45 bits per heavy atom. The van der Waals surface area contributed by atoms with E-state index in [1.165, 1.54) is 70.9 Å². The maximum atomic E-state index is 6.28. The number of rotatable bonds is 7. The largest absolute Gasteiger partial charge is 0.456 e. The van der Waals surface area contributed by atoms with Crippen molar-refractivity contribution in [3.05, 3.63) is 249 Å². The molecule has 0 saturated heterocycles. The second kappa shape index (κ2) is 15.5. The van der Waals surface area contributed by atoms with Crippen molar-refractivity contribution in [1.82, 2.24) is 0 Å². The quantitative estimate of drug-likeness (QED) is 0.149. The lowest BCUT2D eigenvalue weighted by atomic mass is 9.95. The van der Waals surface area contributed by atoms with E-state index in [0.29, 0.717) is 0 Å². The maximum absolute atomic E-state index is 6.28. The van der Waals surface area contributed by atoms with E-state index in [4.69, 9.17) is 4.42 Å². The summed E-state index contributed by atoms with van der Waals surface area (Å²) in [7, 11) is 0. The van der Waals surface area contributed by atoms with Gasteiger partial charge < -0.3 is 9.32 Å². The van der Waals surface area contributed by atoms with Gasteiger partial charge in [0.15, 0.2) is 0 Å². The molecule has 0 spiro atoms. The molecule has 0 unspecified atom stereocenters. The molecule has 13 aromatic rings. The highest BCUT2D eigenvalue weighted by molar-refractivity contribution is 6.13. The highest BCUT2D eigenvalue weighted by atomic mass is 16.3. The second-order valence-electron chi connectivity index (χ2n) is 17.2. The number of para-hydroxylation sites is 2. The molecule has 0 aliphatic heterocycles. The van der Waals surface area contributed by atoms with Crippen LogP contribution in [-0.4, -0.2) is 0 Å². The summed E-state index contributed by atoms with van der Waals surface area (Å²) in [5.41, 5.74) is 14.4. The minimum Gasteiger partial charge on any atom is -0.456 e. The van der Waals surface area contributed by atoms with Gasteiger partial charge >= 0.3 is 0 Å². The molecule has 1 heterocycles. The molecule has 0 atom stereocenters. The number of anilines is 3. The smallest absolute Gasteiger partial charge is 0.136 e. The van der Waals surface area contributed by atoms with Crippen molar-refractivity contribution < 1.29 is 4.42 Å². The van der Waals surface area contributed by atoms with Crippen LogP contribution in [0.5, 0.6) is 0 Å². The summed E-state index contributed by atoms with van der Waals surface area (Å²) in [5, 5.41) is 12.4. The zero-order valence-electron chi connectivity index (χ0n) is 36.0. The van der Waals surface area contributed by atoms with Crippen LogP contribution in [0.3, 0.4) is 0 Å². The average molecular weight is 840 g/mol. The van der Waals surface area contributed by atoms with Crippen molar-refractivity contribution in [3.63, 3.8) is 0 Å². The molecule has 2 heteroatoms. The number of nitrogens with zero attached hydrogens (tertiary/aromatic N) is 1. The van der Waals surface area contributed by atoms with Crippen LogP contribution in [0.1, 0.15) is 0 Å². The minimum absolute atomic E-state index is 0.897. The predicted octanol–water partition coefficient (Wildman–Crippen LogP) is 18.3. The maximum Gasteiger partial charge on any atom is 0.136 e. The first-order chi connectivity index (χ1) is 32.7. The Kier molecular flexibility index (Phi) is 8.89. The lowest BCUT2D eigenvalue weighted by molar-refractivity contribution is 0.669. The minimum atomic E-state index is 0.897. The van der Waals surface area contributed by atoms with Gasteiger partial charge in [0.25, 0.3) is 0 Å². The summed E-state index contributed by atoms with van der Waals surface area (Å²) in [6.07, 6.45) is 0. The monoisotopic (exact) mass is 839 g/mol. The molecule has 0 aliphatic rings. The van der Waals surface area contributed by atoms with Crippen LogP contribution in [0.4, 0.5) is 17.1 Å². The fraction of sp³-hybridized carbons (Fsp3) is 0. The Bertz CT molecular complexity index is 3970. The van der Waals surface area contributed by atoms with Crippen LogP contribution in [0.15, 0.2) is 253 Å². The molecular formula is C64H41NO. The SMILES string of the molecule is c1ccc(N(c2ccc(-c3ccc(-c4ccc5c(ccc6ccccc65)c4)cc3)cc2)c2ccc(-c3cccc4oc5ccccc5c34)cc2)c(-c2ccc3ccc4ccccc4c3c2)c1. The van der Waals surface area contributed by atoms with Crippen molar-refractivity contribution in [1.29, 1.82) is 0 Å². The number of furan rings is 1. The third-order valence-corrected chi connectivity index (χ3v) is 13.5. The number of hydrogen-bond donors (Lipinski definition) is 0. The first kappa shape index (κ1) is 37.8. The summed E-state index contributed by atoms with van der Waals surface area (Å²) in [5.74, 6) is 0. The third kappa shape index (κ3) is 6.42. The molecule has 1 aromatic heterocycles. The van der Waals surface area contributed by atoms with Gasteiger partial charge in [-0.15, -0.1) is 0 Å². The van der Waals surface area contributed by atoms with E-state index in [9.17, 15) is 0 Å². The first-order valence-electron chi connectivity index (χ1n) is 22.6. The summed E-state index contributed by atoms with van der Waals surface area (Å²) >= 11 is 0. The standard InChI is InChI=1S/C64H41NO/c1-3-12-54-45(10-1)26-28-50-40-49(34-39-56(50)54)44-22-20-42(21-23-44)43-30-35-52(36-31-43)65(53-37-32-47(33-38-53)58-16-9-19-63-64(58)59-15-6-8-18-62(59)66-63)61-17-7-5-14-57(61)51-29-27-48-25-24-46-11-2-4-13-55(46)60(48)41-51/h1-41H. The Morgan fingerprint density at radius 2 is 0.727 bits per heavy atom. The molecule has 66 heavy (non-hydrogen) atoms. The fourth-order valence-corrected chi connectivity index (χ4v) is 10.2. The van der Waals surface area contributed by atoms with Crippen molar-refractivity contribution >= 4 is 82.1 Å². The van der Waals surface area contributed by atoms with Gasteiger partial charge in [0.1, 0.15) is 11.2 Å². The van der Waals surface area contributed by atoms with Crippen LogP contribution >= 0.6 is 0 Å². The van der Waals surface area contributed by atoms with E-state index in [1.807, 2.05) is 12.1 Å². The van der Waals surface area contributed by atoms with E-state index >= 15 is 0 Å². The Hall–Kier alpha value is -8.72. The Morgan fingerprint density at radius 1 is 0.258 bits per heavy atom. The van der Waals surface area contributed by atoms with Gasteiger partial charge in [0, 0.05) is 27.7 Å². The Labute approximate surface area is 382 Å². The molecule has 308 valence electrons. The van der Waals surface area contributed by atoms with Crippen LogP contribution in [0.2, 0.25) is 0 Å². The summed E-state index contributed by atoms with van der Waals surface area (Å²) in [4.78, 5) is 2.40. The van der Waals surface area contributed by atoms with Crippen LogP contribution in [0.25, 0.3) is 110 Å². The van der Waals surface area contributed by atoms with E-state index in [0.717, 1.165) is 55.7 Å². The van der Waals surface area contributed by atoms with E-state index in [1.54, 1.807) is 0 Å². The molecule has 0 saturated carbocycles. The number of benzene rings is 12. The second-order valence-corrected chi connectivity index (χ2v) is 17.2. The summed E-state index contributed by atoms with van der Waals surface area (Å²) in [6.45, 7) is 0. The van der Waals surface area contributed by atoms with E-state index in [2.05, 4.69) is 241 Å². The molecule has 0 N–H and O–H groups in total. The van der Waals surface area contributed by atoms with Gasteiger partial charge in [-0.2, -0.15) is 0 Å². The fourth-order valence-electron chi connectivity index (χ4n) is 10.2. The predicted molar refractivity (Wildman–Crippen MR) is 280 cm³/mol. The van der Waals surface area contributed by atoms with Crippen LogP contribution < -0.4 is 4.90 Å². The lowest BCUT2D eigenvalue weighted by Gasteiger charge is -2.28. The average Bonchev–Trinajstić information content (AvgIpc) is 3.78. The molecule has 0 bridgehead atoms. The third-order valence-electron chi connectivity index (χ3n) is 13.5. The van der Waals surface area contributed by atoms with Gasteiger partial charge in [0.05, 0.1) is 5.69 Å².